The van der Waals surface area contributed by atoms with Gasteiger partial charge in [0.2, 0.25) is 0 Å². The molecule has 0 radical (unpaired) electrons. The van der Waals surface area contributed by atoms with Crippen molar-refractivity contribution >= 4 is 0 Å². The van der Waals surface area contributed by atoms with Crippen LogP contribution in [-0.4, -0.2) is 4.98 Å². The molecular weight excluding hydrogens is 330 g/mol. The summed E-state index contributed by atoms with van der Waals surface area (Å²) in [5.41, 5.74) is 5.49. The first-order valence-corrected chi connectivity index (χ1v) is 9.82. The lowest BCUT2D eigenvalue weighted by Crippen LogP contribution is -2.20. The van der Waals surface area contributed by atoms with E-state index in [9.17, 15) is 0 Å². The molecule has 2 aliphatic rings. The average molecular weight is 356 g/mol. The molecular formula is C25H25NO. The lowest BCUT2D eigenvalue weighted by Gasteiger charge is -2.34. The second-order valence-electron chi connectivity index (χ2n) is 8.48. The SMILES string of the molecule is [2H]C1(c2ccc3c(c2)Oc2ccccc2-c2ncccc2-3)CCC(C)(C)CC1. The van der Waals surface area contributed by atoms with Crippen LogP contribution in [0.4, 0.5) is 0 Å². The van der Waals surface area contributed by atoms with E-state index in [0.717, 1.165) is 65.1 Å². The first-order chi connectivity index (χ1) is 13.5. The van der Waals surface area contributed by atoms with Crippen LogP contribution >= 0.6 is 0 Å². The zero-order valence-corrected chi connectivity index (χ0v) is 16.0. The fourth-order valence-electron chi connectivity index (χ4n) is 4.27. The summed E-state index contributed by atoms with van der Waals surface area (Å²) in [6.45, 7) is 4.63. The van der Waals surface area contributed by atoms with Crippen LogP contribution < -0.4 is 4.74 Å². The minimum absolute atomic E-state index is 0.344. The molecule has 5 rings (SSSR count). The third-order valence-corrected chi connectivity index (χ3v) is 6.06. The standard InChI is InChI=1S/C25H25NO/c1-25(2)13-11-17(12-14-25)18-9-10-19-20-7-5-15-26-24(20)21-6-3-4-8-22(21)27-23(19)16-18/h3-10,15-17H,11-14H2,1-2H3/i17D. The summed E-state index contributed by atoms with van der Waals surface area (Å²) >= 11 is 0. The summed E-state index contributed by atoms with van der Waals surface area (Å²) in [5, 5.41) is 0. The van der Waals surface area contributed by atoms with Gasteiger partial charge in [-0.25, -0.2) is 0 Å². The fraction of sp³-hybridized carbons (Fsp3) is 0.320. The highest BCUT2D eigenvalue weighted by Crippen LogP contribution is 2.48. The molecule has 1 aromatic heterocycles. The van der Waals surface area contributed by atoms with E-state index in [-0.39, 0.29) is 0 Å². The van der Waals surface area contributed by atoms with Gasteiger partial charge in [-0.05, 0) is 66.8 Å². The summed E-state index contributed by atoms with van der Waals surface area (Å²) in [4.78, 5) is 4.64. The first kappa shape index (κ1) is 15.4. The van der Waals surface area contributed by atoms with Gasteiger partial charge in [0.15, 0.2) is 0 Å². The lowest BCUT2D eigenvalue weighted by molar-refractivity contribution is 0.224. The number of aromatic nitrogens is 1. The van der Waals surface area contributed by atoms with Crippen molar-refractivity contribution in [1.82, 2.24) is 4.98 Å². The maximum Gasteiger partial charge on any atom is 0.136 e. The van der Waals surface area contributed by atoms with E-state index >= 15 is 0 Å². The molecule has 3 aromatic rings. The highest BCUT2D eigenvalue weighted by atomic mass is 16.5. The van der Waals surface area contributed by atoms with Crippen molar-refractivity contribution in [3.8, 4) is 33.9 Å². The van der Waals surface area contributed by atoms with E-state index in [1.54, 1.807) is 0 Å². The Morgan fingerprint density at radius 1 is 0.926 bits per heavy atom. The van der Waals surface area contributed by atoms with Gasteiger partial charge in [-0.3, -0.25) is 4.98 Å². The van der Waals surface area contributed by atoms with Crippen molar-refractivity contribution in [2.75, 3.05) is 0 Å². The molecule has 136 valence electrons. The molecule has 1 saturated carbocycles. The number of para-hydroxylation sites is 1. The van der Waals surface area contributed by atoms with E-state index in [1.807, 2.05) is 30.5 Å². The molecule has 0 bridgehead atoms. The molecule has 0 unspecified atom stereocenters. The predicted octanol–water partition coefficient (Wildman–Crippen LogP) is 7.21. The Balaban J connectivity index is 1.63. The normalized spacial score (nSPS) is 19.6. The van der Waals surface area contributed by atoms with Crippen LogP contribution in [0.25, 0.3) is 22.4 Å². The summed E-state index contributed by atoms with van der Waals surface area (Å²) in [6, 6.07) is 18.5. The Morgan fingerprint density at radius 3 is 2.56 bits per heavy atom. The van der Waals surface area contributed by atoms with Crippen LogP contribution in [0.2, 0.25) is 0 Å². The van der Waals surface area contributed by atoms with Gasteiger partial charge in [-0.2, -0.15) is 0 Å². The Labute approximate surface area is 162 Å². The quantitative estimate of drug-likeness (QED) is 0.359. The molecule has 2 aromatic carbocycles. The number of pyridine rings is 1. The molecule has 2 nitrogen and oxygen atoms in total. The molecule has 0 saturated heterocycles. The van der Waals surface area contributed by atoms with Gasteiger partial charge in [-0.1, -0.05) is 44.2 Å². The Hall–Kier alpha value is -2.61. The minimum atomic E-state index is -0.530. The van der Waals surface area contributed by atoms with E-state index in [0.29, 0.717) is 5.41 Å². The van der Waals surface area contributed by atoms with E-state index < -0.39 is 5.89 Å². The van der Waals surface area contributed by atoms with Gasteiger partial charge in [0, 0.05) is 24.3 Å². The molecule has 1 aliphatic heterocycles. The van der Waals surface area contributed by atoms with E-state index in [1.165, 1.54) is 0 Å². The van der Waals surface area contributed by atoms with E-state index in [4.69, 9.17) is 6.11 Å². The number of fused-ring (bicyclic) bond motifs is 5. The van der Waals surface area contributed by atoms with Crippen LogP contribution in [0.3, 0.4) is 0 Å². The van der Waals surface area contributed by atoms with Crippen LogP contribution in [0, 0.1) is 5.41 Å². The molecule has 1 fully saturated rings. The maximum absolute atomic E-state index is 9.13. The summed E-state index contributed by atoms with van der Waals surface area (Å²) in [7, 11) is 0. The number of benzene rings is 2. The number of nitrogens with zero attached hydrogens (tertiary/aromatic N) is 1. The van der Waals surface area contributed by atoms with E-state index in [2.05, 4.69) is 49.2 Å². The molecule has 27 heavy (non-hydrogen) atoms. The molecule has 0 spiro atoms. The van der Waals surface area contributed by atoms with Crippen LogP contribution in [0.1, 0.15) is 52.4 Å². The highest BCUT2D eigenvalue weighted by Gasteiger charge is 2.29. The topological polar surface area (TPSA) is 22.1 Å². The molecule has 0 atom stereocenters. The summed E-state index contributed by atoms with van der Waals surface area (Å²) in [5.74, 6) is 1.12. The summed E-state index contributed by atoms with van der Waals surface area (Å²) in [6.07, 6.45) is 5.80. The fourth-order valence-corrected chi connectivity index (χ4v) is 4.27. The molecule has 0 amide bonds. The first-order valence-electron chi connectivity index (χ1n) is 10.3. The van der Waals surface area contributed by atoms with Gasteiger partial charge in [0.1, 0.15) is 11.5 Å². The number of rotatable bonds is 1. The van der Waals surface area contributed by atoms with Crippen molar-refractivity contribution < 1.29 is 6.11 Å². The number of hydrogen-bond acceptors (Lipinski definition) is 2. The third kappa shape index (κ3) is 2.93. The second kappa shape index (κ2) is 6.23. The molecule has 1 aliphatic carbocycles. The number of hydrogen-bond donors (Lipinski definition) is 0. The zero-order chi connectivity index (χ0) is 19.4. The van der Waals surface area contributed by atoms with Crippen molar-refractivity contribution in [2.45, 2.75) is 45.4 Å². The second-order valence-corrected chi connectivity index (χ2v) is 8.48. The van der Waals surface area contributed by atoms with Crippen molar-refractivity contribution in [3.05, 3.63) is 66.4 Å². The Kier molecular flexibility index (Phi) is 3.56. The van der Waals surface area contributed by atoms with Crippen molar-refractivity contribution in [3.63, 3.8) is 0 Å². The Bertz CT molecular complexity index is 1050. The van der Waals surface area contributed by atoms with Gasteiger partial charge >= 0.3 is 0 Å². The van der Waals surface area contributed by atoms with Crippen molar-refractivity contribution in [1.29, 1.82) is 0 Å². The minimum Gasteiger partial charge on any atom is -0.456 e. The lowest BCUT2D eigenvalue weighted by atomic mass is 9.71. The largest absolute Gasteiger partial charge is 0.456 e. The van der Waals surface area contributed by atoms with Crippen LogP contribution in [0.5, 0.6) is 11.5 Å². The molecule has 2 heteroatoms. The zero-order valence-electron chi connectivity index (χ0n) is 17.0. The monoisotopic (exact) mass is 356 g/mol. The third-order valence-electron chi connectivity index (χ3n) is 6.06. The summed E-state index contributed by atoms with van der Waals surface area (Å²) < 4.78 is 15.5. The number of ether oxygens (including phenoxy) is 1. The maximum atomic E-state index is 9.13. The van der Waals surface area contributed by atoms with Crippen molar-refractivity contribution in [2.24, 2.45) is 5.41 Å². The highest BCUT2D eigenvalue weighted by molar-refractivity contribution is 5.88. The molecule has 2 heterocycles. The molecule has 0 N–H and O–H groups in total. The van der Waals surface area contributed by atoms with Gasteiger partial charge in [-0.15, -0.1) is 0 Å². The predicted molar refractivity (Wildman–Crippen MR) is 110 cm³/mol. The van der Waals surface area contributed by atoms with Gasteiger partial charge in [0.05, 0.1) is 5.69 Å². The smallest absolute Gasteiger partial charge is 0.136 e. The van der Waals surface area contributed by atoms with Crippen LogP contribution in [0.15, 0.2) is 60.8 Å². The Morgan fingerprint density at radius 2 is 1.70 bits per heavy atom. The van der Waals surface area contributed by atoms with Gasteiger partial charge in [0.25, 0.3) is 0 Å². The van der Waals surface area contributed by atoms with Crippen LogP contribution in [-0.2, 0) is 0 Å². The van der Waals surface area contributed by atoms with Gasteiger partial charge < -0.3 is 4.74 Å². The average Bonchev–Trinajstić information content (AvgIpc) is 2.85.